The number of nitrogens with one attached hydrogen (secondary N) is 1. The van der Waals surface area contributed by atoms with Crippen LogP contribution >= 0.6 is 0 Å². The Hall–Kier alpha value is -0.0800. The topological polar surface area (TPSA) is 15.3 Å². The third-order valence-corrected chi connectivity index (χ3v) is 2.58. The maximum Gasteiger partial charge on any atom is 0.00448 e. The van der Waals surface area contributed by atoms with Crippen molar-refractivity contribution in [2.45, 2.75) is 41.5 Å². The molecule has 0 aromatic carbocycles. The van der Waals surface area contributed by atoms with E-state index in [9.17, 15) is 0 Å². The maximum atomic E-state index is 3.44. The fourth-order valence-electron chi connectivity index (χ4n) is 1.95. The highest BCUT2D eigenvalue weighted by Crippen LogP contribution is 2.16. The first-order chi connectivity index (χ1) is 6.91. The Morgan fingerprint density at radius 1 is 1.20 bits per heavy atom. The fraction of sp³-hybridized carbons (Fsp3) is 1.00. The van der Waals surface area contributed by atoms with E-state index < -0.39 is 0 Å². The molecular weight excluding hydrogens is 184 g/mol. The maximum absolute atomic E-state index is 3.44. The molecule has 0 bridgehead atoms. The number of hydrogen-bond donors (Lipinski definition) is 1. The first kappa shape index (κ1) is 14.9. The van der Waals surface area contributed by atoms with Crippen molar-refractivity contribution in [3.05, 3.63) is 0 Å². The zero-order chi connectivity index (χ0) is 11.9. The number of rotatable bonds is 8. The van der Waals surface area contributed by atoms with Crippen LogP contribution in [0.3, 0.4) is 0 Å². The van der Waals surface area contributed by atoms with Gasteiger partial charge in [0.15, 0.2) is 0 Å². The summed E-state index contributed by atoms with van der Waals surface area (Å²) in [5.41, 5.74) is 0.376. The fourth-order valence-corrected chi connectivity index (χ4v) is 1.95. The molecule has 0 aliphatic heterocycles. The lowest BCUT2D eigenvalue weighted by Gasteiger charge is -2.33. The molecule has 0 atom stereocenters. The highest BCUT2D eigenvalue weighted by Gasteiger charge is 2.20. The largest absolute Gasteiger partial charge is 0.316 e. The van der Waals surface area contributed by atoms with Crippen LogP contribution in [-0.4, -0.2) is 37.6 Å². The van der Waals surface area contributed by atoms with Gasteiger partial charge in [-0.25, -0.2) is 0 Å². The van der Waals surface area contributed by atoms with E-state index in [1.165, 1.54) is 13.1 Å². The molecule has 0 aliphatic rings. The lowest BCUT2D eigenvalue weighted by Crippen LogP contribution is -2.41. The molecule has 0 unspecified atom stereocenters. The molecule has 0 saturated heterocycles. The smallest absolute Gasteiger partial charge is 0.00448 e. The van der Waals surface area contributed by atoms with E-state index >= 15 is 0 Å². The molecule has 0 aromatic rings. The second-order valence-electron chi connectivity index (χ2n) is 5.67. The molecular formula is C13H30N2. The highest BCUT2D eigenvalue weighted by molar-refractivity contribution is 4.76. The van der Waals surface area contributed by atoms with E-state index in [4.69, 9.17) is 0 Å². The van der Waals surface area contributed by atoms with Gasteiger partial charge in [-0.1, -0.05) is 41.5 Å². The van der Waals surface area contributed by atoms with E-state index in [0.29, 0.717) is 5.41 Å². The summed E-state index contributed by atoms with van der Waals surface area (Å²) in [6, 6.07) is 0. The van der Waals surface area contributed by atoms with Crippen molar-refractivity contribution in [3.63, 3.8) is 0 Å². The Balaban J connectivity index is 4.02. The zero-order valence-electron chi connectivity index (χ0n) is 11.6. The van der Waals surface area contributed by atoms with Crippen LogP contribution in [-0.2, 0) is 0 Å². The average molecular weight is 214 g/mol. The summed E-state index contributed by atoms with van der Waals surface area (Å²) < 4.78 is 0. The van der Waals surface area contributed by atoms with E-state index in [2.05, 4.69) is 51.8 Å². The van der Waals surface area contributed by atoms with E-state index in [0.717, 1.165) is 25.6 Å². The average Bonchev–Trinajstić information content (AvgIpc) is 2.12. The second-order valence-corrected chi connectivity index (χ2v) is 5.67. The van der Waals surface area contributed by atoms with Gasteiger partial charge in [-0.2, -0.15) is 0 Å². The van der Waals surface area contributed by atoms with Crippen molar-refractivity contribution < 1.29 is 0 Å². The van der Waals surface area contributed by atoms with Crippen molar-refractivity contribution >= 4 is 0 Å². The highest BCUT2D eigenvalue weighted by atomic mass is 15.1. The predicted molar refractivity (Wildman–Crippen MR) is 69.3 cm³/mol. The Morgan fingerprint density at radius 2 is 1.80 bits per heavy atom. The van der Waals surface area contributed by atoms with Gasteiger partial charge in [0.2, 0.25) is 0 Å². The van der Waals surface area contributed by atoms with Gasteiger partial charge in [0, 0.05) is 19.6 Å². The van der Waals surface area contributed by atoms with Gasteiger partial charge >= 0.3 is 0 Å². The molecule has 0 spiro atoms. The van der Waals surface area contributed by atoms with Crippen LogP contribution in [0.15, 0.2) is 0 Å². The van der Waals surface area contributed by atoms with Gasteiger partial charge in [-0.05, 0) is 24.4 Å². The Bertz CT molecular complexity index is 153. The minimum Gasteiger partial charge on any atom is -0.316 e. The van der Waals surface area contributed by atoms with E-state index in [-0.39, 0.29) is 0 Å². The van der Waals surface area contributed by atoms with Crippen LogP contribution in [0, 0.1) is 11.3 Å². The Labute approximate surface area is 96.4 Å². The molecule has 0 aliphatic carbocycles. The van der Waals surface area contributed by atoms with Crippen LogP contribution in [0.25, 0.3) is 0 Å². The van der Waals surface area contributed by atoms with Gasteiger partial charge in [-0.3, -0.25) is 0 Å². The minimum atomic E-state index is 0.376. The van der Waals surface area contributed by atoms with Crippen molar-refractivity contribution in [1.29, 1.82) is 0 Å². The lowest BCUT2D eigenvalue weighted by atomic mass is 9.92. The van der Waals surface area contributed by atoms with Crippen LogP contribution in [0.4, 0.5) is 0 Å². The second kappa shape index (κ2) is 7.24. The summed E-state index contributed by atoms with van der Waals surface area (Å²) in [4.78, 5) is 2.56. The monoisotopic (exact) mass is 214 g/mol. The van der Waals surface area contributed by atoms with E-state index in [1.807, 2.05) is 0 Å². The molecule has 2 nitrogen and oxygen atoms in total. The molecule has 0 rings (SSSR count). The zero-order valence-corrected chi connectivity index (χ0v) is 11.6. The lowest BCUT2D eigenvalue weighted by molar-refractivity contribution is 0.166. The van der Waals surface area contributed by atoms with Crippen LogP contribution < -0.4 is 5.32 Å². The summed E-state index contributed by atoms with van der Waals surface area (Å²) in [6.07, 6.45) is 0. The molecule has 0 radical (unpaired) electrons. The molecule has 0 fully saturated rings. The first-order valence-corrected chi connectivity index (χ1v) is 6.34. The van der Waals surface area contributed by atoms with Gasteiger partial charge in [-0.15, -0.1) is 0 Å². The van der Waals surface area contributed by atoms with Crippen LogP contribution in [0.2, 0.25) is 0 Å². The first-order valence-electron chi connectivity index (χ1n) is 6.34. The number of hydrogen-bond acceptors (Lipinski definition) is 2. The third kappa shape index (κ3) is 7.80. The van der Waals surface area contributed by atoms with Crippen molar-refractivity contribution in [3.8, 4) is 0 Å². The van der Waals surface area contributed by atoms with Crippen LogP contribution in [0.5, 0.6) is 0 Å². The molecule has 0 heterocycles. The molecule has 0 amide bonds. The minimum absolute atomic E-state index is 0.376. The molecule has 0 aromatic heterocycles. The summed E-state index contributed by atoms with van der Waals surface area (Å²) >= 11 is 0. The molecule has 0 saturated carbocycles. The summed E-state index contributed by atoms with van der Waals surface area (Å²) in [5, 5.41) is 3.44. The van der Waals surface area contributed by atoms with Gasteiger partial charge < -0.3 is 10.2 Å². The molecule has 2 heteroatoms. The quantitative estimate of drug-likeness (QED) is 0.668. The van der Waals surface area contributed by atoms with Gasteiger partial charge in [0.05, 0.1) is 0 Å². The third-order valence-electron chi connectivity index (χ3n) is 2.58. The van der Waals surface area contributed by atoms with Crippen molar-refractivity contribution in [1.82, 2.24) is 10.2 Å². The number of nitrogens with zero attached hydrogens (tertiary/aromatic N) is 1. The Kier molecular flexibility index (Phi) is 7.20. The summed E-state index contributed by atoms with van der Waals surface area (Å²) in [5.74, 6) is 0.764. The molecule has 92 valence electrons. The van der Waals surface area contributed by atoms with Crippen molar-refractivity contribution in [2.24, 2.45) is 11.3 Å². The SMILES string of the molecule is CCNCC(C)(C)CN(CC)CC(C)C. The van der Waals surface area contributed by atoms with Crippen molar-refractivity contribution in [2.75, 3.05) is 32.7 Å². The molecule has 15 heavy (non-hydrogen) atoms. The van der Waals surface area contributed by atoms with Crippen LogP contribution in [0.1, 0.15) is 41.5 Å². The standard InChI is InChI=1S/C13H30N2/c1-7-14-10-13(5,6)11-15(8-2)9-12(3)4/h12,14H,7-11H2,1-6H3. The van der Waals surface area contributed by atoms with Gasteiger partial charge in [0.25, 0.3) is 0 Å². The normalized spacial score (nSPS) is 12.8. The van der Waals surface area contributed by atoms with E-state index in [1.54, 1.807) is 0 Å². The Morgan fingerprint density at radius 3 is 2.20 bits per heavy atom. The van der Waals surface area contributed by atoms with Gasteiger partial charge in [0.1, 0.15) is 0 Å². The summed E-state index contributed by atoms with van der Waals surface area (Å²) in [6.45, 7) is 19.4. The molecule has 1 N–H and O–H groups in total. The summed E-state index contributed by atoms with van der Waals surface area (Å²) in [7, 11) is 0. The predicted octanol–water partition coefficient (Wildman–Crippen LogP) is 2.60.